The molecule has 0 radical (unpaired) electrons. The molecule has 0 aliphatic rings. The fraction of sp³-hybridized carbons (Fsp3) is 0.250. The maximum absolute atomic E-state index is 12.0. The van der Waals surface area contributed by atoms with Gasteiger partial charge in [0, 0.05) is 18.7 Å². The smallest absolute Gasteiger partial charge is 0.387 e. The van der Waals surface area contributed by atoms with Crippen LogP contribution in [0.5, 0.6) is 5.75 Å². The van der Waals surface area contributed by atoms with Gasteiger partial charge in [-0.3, -0.25) is 9.59 Å². The number of furan rings is 1. The second kappa shape index (κ2) is 8.66. The number of amides is 2. The summed E-state index contributed by atoms with van der Waals surface area (Å²) in [6, 6.07) is 8.77. The zero-order valence-corrected chi connectivity index (χ0v) is 12.6. The lowest BCUT2D eigenvalue weighted by Crippen LogP contribution is -2.25. The van der Waals surface area contributed by atoms with Crippen molar-refractivity contribution in [3.63, 3.8) is 0 Å². The summed E-state index contributed by atoms with van der Waals surface area (Å²) < 4.78 is 33.2. The number of rotatable bonds is 8. The monoisotopic (exact) mass is 338 g/mol. The Morgan fingerprint density at radius 2 is 1.92 bits per heavy atom. The molecular formula is C16H16F2N2O4. The van der Waals surface area contributed by atoms with Crippen LogP contribution in [0.2, 0.25) is 0 Å². The van der Waals surface area contributed by atoms with E-state index in [1.807, 2.05) is 0 Å². The molecule has 1 aromatic heterocycles. The summed E-state index contributed by atoms with van der Waals surface area (Å²) in [7, 11) is 0. The molecule has 8 heteroatoms. The zero-order valence-electron chi connectivity index (χ0n) is 12.6. The van der Waals surface area contributed by atoms with Crippen LogP contribution in [-0.2, 0) is 4.79 Å². The van der Waals surface area contributed by atoms with Gasteiger partial charge >= 0.3 is 6.61 Å². The van der Waals surface area contributed by atoms with Crippen LogP contribution in [0.25, 0.3) is 0 Å². The lowest BCUT2D eigenvalue weighted by Gasteiger charge is -2.08. The summed E-state index contributed by atoms with van der Waals surface area (Å²) in [6.07, 6.45) is 2.05. The standard InChI is InChI=1S/C16H16F2N2O4/c17-16(18)24-12-7-5-11(6-8-12)20-14(21)4-1-9-19-15(22)13-3-2-10-23-13/h2-3,5-8,10,16H,1,4,9H2,(H,19,22)(H,20,21). The number of benzene rings is 1. The Kier molecular flexibility index (Phi) is 6.30. The van der Waals surface area contributed by atoms with Crippen molar-refractivity contribution in [2.75, 3.05) is 11.9 Å². The second-order valence-electron chi connectivity index (χ2n) is 4.79. The van der Waals surface area contributed by atoms with E-state index in [-0.39, 0.29) is 29.7 Å². The molecule has 1 aromatic carbocycles. The van der Waals surface area contributed by atoms with Gasteiger partial charge in [-0.2, -0.15) is 8.78 Å². The SMILES string of the molecule is O=C(CCCNC(=O)c1ccco1)Nc1ccc(OC(F)F)cc1. The lowest BCUT2D eigenvalue weighted by molar-refractivity contribution is -0.116. The zero-order chi connectivity index (χ0) is 17.4. The number of hydrogen-bond donors (Lipinski definition) is 2. The molecule has 0 aliphatic carbocycles. The first-order chi connectivity index (χ1) is 11.5. The number of carbonyl (C=O) groups is 2. The van der Waals surface area contributed by atoms with E-state index >= 15 is 0 Å². The van der Waals surface area contributed by atoms with Crippen molar-refractivity contribution in [2.24, 2.45) is 0 Å². The van der Waals surface area contributed by atoms with E-state index in [0.29, 0.717) is 18.7 Å². The summed E-state index contributed by atoms with van der Waals surface area (Å²) in [6.45, 7) is -2.56. The van der Waals surface area contributed by atoms with Gasteiger partial charge in [0.25, 0.3) is 5.91 Å². The van der Waals surface area contributed by atoms with E-state index in [4.69, 9.17) is 4.42 Å². The number of nitrogens with one attached hydrogen (secondary N) is 2. The van der Waals surface area contributed by atoms with Gasteiger partial charge in [-0.25, -0.2) is 0 Å². The average molecular weight is 338 g/mol. The highest BCUT2D eigenvalue weighted by Gasteiger charge is 2.08. The lowest BCUT2D eigenvalue weighted by atomic mass is 10.2. The van der Waals surface area contributed by atoms with Crippen LogP contribution in [-0.4, -0.2) is 25.0 Å². The molecule has 128 valence electrons. The average Bonchev–Trinajstić information content (AvgIpc) is 3.07. The molecular weight excluding hydrogens is 322 g/mol. The van der Waals surface area contributed by atoms with Crippen molar-refractivity contribution in [3.05, 3.63) is 48.4 Å². The fourth-order valence-electron chi connectivity index (χ4n) is 1.89. The molecule has 2 N–H and O–H groups in total. The van der Waals surface area contributed by atoms with Crippen molar-refractivity contribution in [1.29, 1.82) is 0 Å². The summed E-state index contributed by atoms with van der Waals surface area (Å²) in [5, 5.41) is 5.25. The predicted octanol–water partition coefficient (Wildman–Crippen LogP) is 3.03. The highest BCUT2D eigenvalue weighted by atomic mass is 19.3. The molecule has 24 heavy (non-hydrogen) atoms. The molecule has 6 nitrogen and oxygen atoms in total. The Bertz CT molecular complexity index is 657. The molecule has 0 saturated heterocycles. The first kappa shape index (κ1) is 17.5. The van der Waals surface area contributed by atoms with Crippen LogP contribution in [0.15, 0.2) is 47.1 Å². The first-order valence-corrected chi connectivity index (χ1v) is 7.21. The van der Waals surface area contributed by atoms with Gasteiger partial charge < -0.3 is 19.8 Å². The third-order valence-corrected chi connectivity index (χ3v) is 2.97. The minimum Gasteiger partial charge on any atom is -0.459 e. The summed E-state index contributed by atoms with van der Waals surface area (Å²) in [5.74, 6) is -0.353. The summed E-state index contributed by atoms with van der Waals surface area (Å²) in [5.41, 5.74) is 0.473. The van der Waals surface area contributed by atoms with Gasteiger partial charge in [-0.15, -0.1) is 0 Å². The van der Waals surface area contributed by atoms with Gasteiger partial charge in [0.15, 0.2) is 5.76 Å². The number of hydrogen-bond acceptors (Lipinski definition) is 4. The Labute approximate surface area is 136 Å². The minimum atomic E-state index is -2.89. The molecule has 2 rings (SSSR count). The predicted molar refractivity (Wildman–Crippen MR) is 82.0 cm³/mol. The quantitative estimate of drug-likeness (QED) is 0.725. The third kappa shape index (κ3) is 5.71. The topological polar surface area (TPSA) is 80.6 Å². The van der Waals surface area contributed by atoms with Crippen LogP contribution < -0.4 is 15.4 Å². The van der Waals surface area contributed by atoms with E-state index < -0.39 is 6.61 Å². The number of anilines is 1. The van der Waals surface area contributed by atoms with Gasteiger partial charge in [0.2, 0.25) is 5.91 Å². The van der Waals surface area contributed by atoms with Gasteiger partial charge in [-0.1, -0.05) is 0 Å². The molecule has 0 unspecified atom stereocenters. The highest BCUT2D eigenvalue weighted by Crippen LogP contribution is 2.17. The molecule has 0 spiro atoms. The van der Waals surface area contributed by atoms with Crippen LogP contribution in [0.3, 0.4) is 0 Å². The van der Waals surface area contributed by atoms with Crippen LogP contribution in [0, 0.1) is 0 Å². The number of alkyl halides is 2. The largest absolute Gasteiger partial charge is 0.459 e. The van der Waals surface area contributed by atoms with E-state index in [0.717, 1.165) is 0 Å². The normalized spacial score (nSPS) is 10.5. The van der Waals surface area contributed by atoms with Gasteiger partial charge in [0.05, 0.1) is 6.26 Å². The van der Waals surface area contributed by atoms with E-state index in [9.17, 15) is 18.4 Å². The van der Waals surface area contributed by atoms with Crippen LogP contribution in [0.1, 0.15) is 23.4 Å². The molecule has 0 aliphatic heterocycles. The Morgan fingerprint density at radius 3 is 2.54 bits per heavy atom. The fourth-order valence-corrected chi connectivity index (χ4v) is 1.89. The molecule has 0 bridgehead atoms. The second-order valence-corrected chi connectivity index (χ2v) is 4.79. The number of halogens is 2. The van der Waals surface area contributed by atoms with Gasteiger partial charge in [0.1, 0.15) is 5.75 Å². The van der Waals surface area contributed by atoms with Crippen molar-refractivity contribution in [2.45, 2.75) is 19.5 Å². The highest BCUT2D eigenvalue weighted by molar-refractivity contribution is 5.92. The number of ether oxygens (including phenoxy) is 1. The molecule has 0 fully saturated rings. The minimum absolute atomic E-state index is 0.0173. The van der Waals surface area contributed by atoms with E-state index in [1.54, 1.807) is 12.1 Å². The summed E-state index contributed by atoms with van der Waals surface area (Å²) in [4.78, 5) is 23.3. The molecule has 2 amide bonds. The van der Waals surface area contributed by atoms with Crippen molar-refractivity contribution in [1.82, 2.24) is 5.32 Å². The molecule has 2 aromatic rings. The maximum Gasteiger partial charge on any atom is 0.387 e. The van der Waals surface area contributed by atoms with Crippen LogP contribution >= 0.6 is 0 Å². The van der Waals surface area contributed by atoms with Crippen LogP contribution in [0.4, 0.5) is 14.5 Å². The van der Waals surface area contributed by atoms with Gasteiger partial charge in [-0.05, 0) is 42.8 Å². The van der Waals surface area contributed by atoms with Crippen molar-refractivity contribution >= 4 is 17.5 Å². The van der Waals surface area contributed by atoms with Crippen molar-refractivity contribution in [3.8, 4) is 5.75 Å². The van der Waals surface area contributed by atoms with E-state index in [2.05, 4.69) is 15.4 Å². The third-order valence-electron chi connectivity index (χ3n) is 2.97. The summed E-state index contributed by atoms with van der Waals surface area (Å²) >= 11 is 0. The van der Waals surface area contributed by atoms with Crippen molar-refractivity contribution < 1.29 is 27.5 Å². The first-order valence-electron chi connectivity index (χ1n) is 7.21. The molecule has 0 saturated carbocycles. The Morgan fingerprint density at radius 1 is 1.17 bits per heavy atom. The molecule has 0 atom stereocenters. The maximum atomic E-state index is 12.0. The van der Waals surface area contributed by atoms with E-state index in [1.165, 1.54) is 30.5 Å². The Hall–Kier alpha value is -2.90. The molecule has 1 heterocycles. The number of carbonyl (C=O) groups excluding carboxylic acids is 2. The Balaban J connectivity index is 1.67.